The summed E-state index contributed by atoms with van der Waals surface area (Å²) in [6.45, 7) is 18.6. The fourth-order valence-corrected chi connectivity index (χ4v) is 11.0. The lowest BCUT2D eigenvalue weighted by Gasteiger charge is -2.71. The summed E-state index contributed by atoms with van der Waals surface area (Å²) in [7, 11) is 0. The third-order valence-corrected chi connectivity index (χ3v) is 13.0. The number of hydrogen-bond acceptors (Lipinski definition) is 2. The van der Waals surface area contributed by atoms with Gasteiger partial charge >= 0.3 is 5.97 Å². The van der Waals surface area contributed by atoms with Crippen LogP contribution < -0.4 is 0 Å². The van der Waals surface area contributed by atoms with E-state index in [2.05, 4.69) is 60.3 Å². The molecule has 3 heteroatoms. The van der Waals surface area contributed by atoms with Gasteiger partial charge in [-0.15, -0.1) is 0 Å². The summed E-state index contributed by atoms with van der Waals surface area (Å²) in [5.41, 5.74) is 0.977. The van der Waals surface area contributed by atoms with Gasteiger partial charge in [0.2, 0.25) is 0 Å². The van der Waals surface area contributed by atoms with E-state index in [-0.39, 0.29) is 33.7 Å². The fourth-order valence-electron chi connectivity index (χ4n) is 11.0. The second kappa shape index (κ2) is 6.99. The molecule has 2 N–H and O–H groups in total. The average Bonchev–Trinajstić information content (AvgIpc) is 3.13. The minimum atomic E-state index is -0.549. The van der Waals surface area contributed by atoms with Gasteiger partial charge in [-0.2, -0.15) is 0 Å². The lowest BCUT2D eigenvalue weighted by atomic mass is 9.33. The van der Waals surface area contributed by atoms with Crippen molar-refractivity contribution < 1.29 is 15.0 Å². The van der Waals surface area contributed by atoms with Gasteiger partial charge in [-0.3, -0.25) is 4.79 Å². The molecular formula is C30H46O3. The molecule has 0 saturated heterocycles. The monoisotopic (exact) mass is 454 g/mol. The second-order valence-electron chi connectivity index (χ2n) is 14.1. The maximum Gasteiger partial charge on any atom is 0.309 e. The van der Waals surface area contributed by atoms with E-state index in [0.717, 1.165) is 38.5 Å². The first-order valence-corrected chi connectivity index (χ1v) is 13.5. The van der Waals surface area contributed by atoms with Gasteiger partial charge in [-0.25, -0.2) is 0 Å². The number of carbonyl (C=O) groups is 1. The van der Waals surface area contributed by atoms with Gasteiger partial charge in [0.1, 0.15) is 0 Å². The van der Waals surface area contributed by atoms with Crippen LogP contribution in [0.15, 0.2) is 24.3 Å². The molecule has 0 aromatic rings. The van der Waals surface area contributed by atoms with Crippen LogP contribution in [-0.4, -0.2) is 22.3 Å². The zero-order valence-corrected chi connectivity index (χ0v) is 21.8. The smallest absolute Gasteiger partial charge is 0.309 e. The molecule has 10 atom stereocenters. The van der Waals surface area contributed by atoms with E-state index in [9.17, 15) is 15.0 Å². The lowest BCUT2D eigenvalue weighted by Crippen LogP contribution is -2.66. The summed E-state index contributed by atoms with van der Waals surface area (Å²) < 4.78 is 0. The first-order valence-electron chi connectivity index (χ1n) is 13.5. The third-order valence-electron chi connectivity index (χ3n) is 13.0. The van der Waals surface area contributed by atoms with Crippen molar-refractivity contribution in [1.29, 1.82) is 0 Å². The molecule has 0 unspecified atom stereocenters. The normalized spacial score (nSPS) is 54.5. The van der Waals surface area contributed by atoms with Crippen LogP contribution in [0.4, 0.5) is 0 Å². The van der Waals surface area contributed by atoms with Crippen LogP contribution >= 0.6 is 0 Å². The number of aliphatic hydroxyl groups excluding tert-OH is 1. The Labute approximate surface area is 201 Å². The molecule has 0 bridgehead atoms. The van der Waals surface area contributed by atoms with Crippen LogP contribution in [0, 0.1) is 56.7 Å². The highest BCUT2D eigenvalue weighted by Crippen LogP contribution is 2.76. The van der Waals surface area contributed by atoms with E-state index in [0.29, 0.717) is 23.7 Å². The molecule has 0 aromatic heterocycles. The Hall–Kier alpha value is -1.09. The third kappa shape index (κ3) is 2.69. The number of aliphatic hydroxyl groups is 1. The second-order valence-corrected chi connectivity index (χ2v) is 14.1. The molecule has 0 radical (unpaired) electrons. The van der Waals surface area contributed by atoms with Gasteiger partial charge in [-0.05, 0) is 110 Å². The minimum Gasteiger partial charge on any atom is -0.481 e. The Kier molecular flexibility index (Phi) is 5.01. The van der Waals surface area contributed by atoms with Crippen molar-refractivity contribution in [3.05, 3.63) is 24.3 Å². The van der Waals surface area contributed by atoms with E-state index < -0.39 is 11.4 Å². The van der Waals surface area contributed by atoms with Gasteiger partial charge in [0, 0.05) is 0 Å². The Bertz CT molecular complexity index is 902. The Morgan fingerprint density at radius 3 is 2.24 bits per heavy atom. The van der Waals surface area contributed by atoms with Crippen molar-refractivity contribution in [3.8, 4) is 0 Å². The molecule has 5 aliphatic rings. The van der Waals surface area contributed by atoms with Crippen molar-refractivity contribution >= 4 is 5.97 Å². The largest absolute Gasteiger partial charge is 0.481 e. The highest BCUT2D eigenvalue weighted by atomic mass is 16.4. The first-order chi connectivity index (χ1) is 15.3. The topological polar surface area (TPSA) is 57.5 Å². The molecule has 4 fully saturated rings. The molecule has 3 nitrogen and oxygen atoms in total. The molecule has 184 valence electrons. The van der Waals surface area contributed by atoms with Crippen LogP contribution in [-0.2, 0) is 4.79 Å². The molecule has 0 aliphatic heterocycles. The summed E-state index contributed by atoms with van der Waals surface area (Å²) in [6, 6.07) is 0. The lowest BCUT2D eigenvalue weighted by molar-refractivity contribution is -0.226. The summed E-state index contributed by atoms with van der Waals surface area (Å²) in [5, 5.41) is 21.3. The molecule has 0 aromatic carbocycles. The Balaban J connectivity index is 1.59. The number of carboxylic acid groups (broad SMARTS) is 1. The predicted molar refractivity (Wildman–Crippen MR) is 133 cm³/mol. The summed E-state index contributed by atoms with van der Waals surface area (Å²) in [4.78, 5) is 12.7. The van der Waals surface area contributed by atoms with E-state index in [4.69, 9.17) is 0 Å². The SMILES string of the molecule is C=C(C)[C@@H]1CC[C@]2(C(=O)O)CC[C@]3(C)[C@H](CC[C@@H]4[C@@]5(C)C=C[C@H](O)C(C)(C)[C@H]5CC[C@]43C)[C@@H]12. The van der Waals surface area contributed by atoms with Gasteiger partial charge in [0.05, 0.1) is 11.5 Å². The molecule has 4 saturated carbocycles. The van der Waals surface area contributed by atoms with Crippen LogP contribution in [0.5, 0.6) is 0 Å². The minimum absolute atomic E-state index is 0.0917. The van der Waals surface area contributed by atoms with E-state index >= 15 is 0 Å². The summed E-state index contributed by atoms with van der Waals surface area (Å²) in [6.07, 6.45) is 12.4. The van der Waals surface area contributed by atoms with Crippen molar-refractivity contribution in [3.63, 3.8) is 0 Å². The maximum atomic E-state index is 12.7. The Morgan fingerprint density at radius 2 is 1.61 bits per heavy atom. The molecule has 0 heterocycles. The number of aliphatic carboxylic acids is 1. The molecule has 5 rings (SSSR count). The highest BCUT2D eigenvalue weighted by molar-refractivity contribution is 5.76. The Morgan fingerprint density at radius 1 is 0.909 bits per heavy atom. The van der Waals surface area contributed by atoms with Crippen molar-refractivity contribution in [2.45, 2.75) is 99.0 Å². The molecule has 0 amide bonds. The molecule has 33 heavy (non-hydrogen) atoms. The standard InChI is InChI=1S/C30H46O3/c1-18(2)19-10-15-30(25(32)33)17-16-28(6)20(24(19)30)8-9-22-27(5)13-12-23(31)26(3,4)21(27)11-14-29(22,28)7/h12-13,19-24,31H,1,8-11,14-17H2,2-7H3,(H,32,33)/t19-,20+,21+,22+,23-,24+,27-,28+,29+,30-/m0/s1. The van der Waals surface area contributed by atoms with Crippen LogP contribution in [0.3, 0.4) is 0 Å². The number of hydrogen-bond donors (Lipinski definition) is 2. The average molecular weight is 455 g/mol. The number of carboxylic acids is 1. The summed E-state index contributed by atoms with van der Waals surface area (Å²) >= 11 is 0. The van der Waals surface area contributed by atoms with Crippen molar-refractivity contribution in [2.24, 2.45) is 56.7 Å². The maximum absolute atomic E-state index is 12.7. The van der Waals surface area contributed by atoms with Crippen LogP contribution in [0.1, 0.15) is 92.9 Å². The van der Waals surface area contributed by atoms with Crippen LogP contribution in [0.2, 0.25) is 0 Å². The summed E-state index contributed by atoms with van der Waals surface area (Å²) in [5.74, 6) is 1.55. The first kappa shape index (κ1) is 23.6. The quantitative estimate of drug-likeness (QED) is 0.448. The molecule has 5 aliphatic carbocycles. The van der Waals surface area contributed by atoms with Crippen LogP contribution in [0.25, 0.3) is 0 Å². The zero-order chi connectivity index (χ0) is 24.2. The number of rotatable bonds is 2. The molecular weight excluding hydrogens is 408 g/mol. The fraction of sp³-hybridized carbons (Fsp3) is 0.833. The number of fused-ring (bicyclic) bond motifs is 7. The zero-order valence-electron chi connectivity index (χ0n) is 21.8. The van der Waals surface area contributed by atoms with Gasteiger partial charge < -0.3 is 10.2 Å². The molecule has 0 spiro atoms. The van der Waals surface area contributed by atoms with E-state index in [1.807, 2.05) is 0 Å². The predicted octanol–water partition coefficient (Wildman–Crippen LogP) is 6.87. The van der Waals surface area contributed by atoms with E-state index in [1.54, 1.807) is 0 Å². The van der Waals surface area contributed by atoms with Crippen molar-refractivity contribution in [1.82, 2.24) is 0 Å². The highest BCUT2D eigenvalue weighted by Gasteiger charge is 2.71. The van der Waals surface area contributed by atoms with Gasteiger partial charge in [-0.1, -0.05) is 58.9 Å². The van der Waals surface area contributed by atoms with Gasteiger partial charge in [0.25, 0.3) is 0 Å². The van der Waals surface area contributed by atoms with Gasteiger partial charge in [0.15, 0.2) is 0 Å². The van der Waals surface area contributed by atoms with E-state index in [1.165, 1.54) is 18.4 Å². The number of allylic oxidation sites excluding steroid dienone is 2. The van der Waals surface area contributed by atoms with Crippen molar-refractivity contribution in [2.75, 3.05) is 0 Å².